The van der Waals surface area contributed by atoms with Crippen LogP contribution in [0.25, 0.3) is 11.1 Å². The van der Waals surface area contributed by atoms with Gasteiger partial charge in [-0.2, -0.15) is 4.98 Å². The standard InChI is InChI=1S/C13H14N2O3/c1-13(11(16)17,8-6-7-8)15-12-14-9-4-2-3-5-10(9)18-12/h2-5,8H,6-7H2,1H3,(H,14,15)(H,16,17). The predicted molar refractivity (Wildman–Crippen MR) is 66.4 cm³/mol. The number of rotatable bonds is 4. The maximum Gasteiger partial charge on any atom is 0.329 e. The number of carboxylic acids is 1. The summed E-state index contributed by atoms with van der Waals surface area (Å²) in [5.41, 5.74) is 0.382. The molecular formula is C13H14N2O3. The van der Waals surface area contributed by atoms with Gasteiger partial charge in [0.05, 0.1) is 0 Å². The molecule has 0 aliphatic heterocycles. The van der Waals surface area contributed by atoms with E-state index >= 15 is 0 Å². The van der Waals surface area contributed by atoms with Crippen LogP contribution in [0, 0.1) is 5.92 Å². The van der Waals surface area contributed by atoms with Crippen LogP contribution >= 0.6 is 0 Å². The number of para-hydroxylation sites is 2. The minimum atomic E-state index is -0.999. The summed E-state index contributed by atoms with van der Waals surface area (Å²) in [6, 6.07) is 7.63. The van der Waals surface area contributed by atoms with Crippen molar-refractivity contribution < 1.29 is 14.3 Å². The van der Waals surface area contributed by atoms with Crippen molar-refractivity contribution in [3.8, 4) is 0 Å². The third kappa shape index (κ3) is 1.72. The summed E-state index contributed by atoms with van der Waals surface area (Å²) in [5.74, 6) is -0.725. The number of hydrogen-bond donors (Lipinski definition) is 2. The van der Waals surface area contributed by atoms with E-state index in [-0.39, 0.29) is 11.9 Å². The first kappa shape index (κ1) is 11.1. The molecule has 0 radical (unpaired) electrons. The Morgan fingerprint density at radius 1 is 1.50 bits per heavy atom. The van der Waals surface area contributed by atoms with Gasteiger partial charge in [0.15, 0.2) is 5.58 Å². The maximum absolute atomic E-state index is 11.4. The van der Waals surface area contributed by atoms with Crippen molar-refractivity contribution in [1.82, 2.24) is 4.98 Å². The SMILES string of the molecule is CC(Nc1nc2ccccc2o1)(C(=O)O)C1CC1. The number of oxazole rings is 1. The number of fused-ring (bicyclic) bond motifs is 1. The van der Waals surface area contributed by atoms with Crippen LogP contribution in [0.4, 0.5) is 6.01 Å². The van der Waals surface area contributed by atoms with Crippen molar-refractivity contribution in [3.05, 3.63) is 24.3 Å². The molecule has 1 fully saturated rings. The molecule has 1 aliphatic carbocycles. The summed E-state index contributed by atoms with van der Waals surface area (Å²) in [5, 5.41) is 12.3. The smallest absolute Gasteiger partial charge is 0.329 e. The lowest BCUT2D eigenvalue weighted by Gasteiger charge is -2.24. The molecule has 1 aromatic carbocycles. The minimum absolute atomic E-state index is 0.144. The molecule has 2 aromatic rings. The topological polar surface area (TPSA) is 75.4 Å². The summed E-state index contributed by atoms with van der Waals surface area (Å²) in [4.78, 5) is 15.6. The van der Waals surface area contributed by atoms with E-state index in [1.54, 1.807) is 6.92 Å². The van der Waals surface area contributed by atoms with Gasteiger partial charge >= 0.3 is 5.97 Å². The van der Waals surface area contributed by atoms with Crippen molar-refractivity contribution in [1.29, 1.82) is 0 Å². The van der Waals surface area contributed by atoms with Crippen LogP contribution in [0.15, 0.2) is 28.7 Å². The highest BCUT2D eigenvalue weighted by atomic mass is 16.4. The number of benzene rings is 1. The van der Waals surface area contributed by atoms with Crippen molar-refractivity contribution in [2.75, 3.05) is 5.32 Å². The summed E-state index contributed by atoms with van der Waals surface area (Å²) in [6.07, 6.45) is 1.85. The summed E-state index contributed by atoms with van der Waals surface area (Å²) in [6.45, 7) is 1.68. The van der Waals surface area contributed by atoms with E-state index in [9.17, 15) is 9.90 Å². The number of nitrogens with zero attached hydrogens (tertiary/aromatic N) is 1. The predicted octanol–water partition coefficient (Wildman–Crippen LogP) is 2.49. The van der Waals surface area contributed by atoms with Gasteiger partial charge in [-0.3, -0.25) is 0 Å². The Morgan fingerprint density at radius 3 is 2.83 bits per heavy atom. The second-order valence-corrected chi connectivity index (χ2v) is 4.89. The Bertz CT molecular complexity index is 570. The van der Waals surface area contributed by atoms with Crippen molar-refractivity contribution in [2.24, 2.45) is 5.92 Å². The molecule has 5 heteroatoms. The fraction of sp³-hybridized carbons (Fsp3) is 0.385. The number of carboxylic acid groups (broad SMARTS) is 1. The second-order valence-electron chi connectivity index (χ2n) is 4.89. The van der Waals surface area contributed by atoms with Gasteiger partial charge in [0.2, 0.25) is 0 Å². The Morgan fingerprint density at radius 2 is 2.22 bits per heavy atom. The molecule has 0 spiro atoms. The number of aliphatic carboxylic acids is 1. The molecule has 18 heavy (non-hydrogen) atoms. The van der Waals surface area contributed by atoms with E-state index in [2.05, 4.69) is 10.3 Å². The third-order valence-electron chi connectivity index (χ3n) is 3.50. The van der Waals surface area contributed by atoms with E-state index in [0.717, 1.165) is 18.4 Å². The van der Waals surface area contributed by atoms with Crippen LogP contribution < -0.4 is 5.32 Å². The number of carbonyl (C=O) groups is 1. The number of nitrogens with one attached hydrogen (secondary N) is 1. The molecule has 1 heterocycles. The molecule has 1 saturated carbocycles. The fourth-order valence-corrected chi connectivity index (χ4v) is 2.14. The van der Waals surface area contributed by atoms with Gasteiger partial charge < -0.3 is 14.8 Å². The lowest BCUT2D eigenvalue weighted by molar-refractivity contribution is -0.142. The lowest BCUT2D eigenvalue weighted by atomic mass is 9.96. The van der Waals surface area contributed by atoms with E-state index < -0.39 is 11.5 Å². The zero-order valence-electron chi connectivity index (χ0n) is 10.0. The van der Waals surface area contributed by atoms with Crippen LogP contribution in [-0.2, 0) is 4.79 Å². The van der Waals surface area contributed by atoms with Gasteiger partial charge in [0, 0.05) is 0 Å². The third-order valence-corrected chi connectivity index (χ3v) is 3.50. The zero-order valence-corrected chi connectivity index (χ0v) is 10.0. The zero-order chi connectivity index (χ0) is 12.8. The van der Waals surface area contributed by atoms with E-state index in [1.165, 1.54) is 0 Å². The Labute approximate surface area is 104 Å². The molecule has 1 aromatic heterocycles. The molecule has 2 N–H and O–H groups in total. The number of anilines is 1. The minimum Gasteiger partial charge on any atom is -0.480 e. The molecular weight excluding hydrogens is 232 g/mol. The van der Waals surface area contributed by atoms with Gasteiger partial charge in [-0.1, -0.05) is 12.1 Å². The summed E-state index contributed by atoms with van der Waals surface area (Å²) < 4.78 is 5.51. The van der Waals surface area contributed by atoms with Crippen LogP contribution in [0.3, 0.4) is 0 Å². The fourth-order valence-electron chi connectivity index (χ4n) is 2.14. The van der Waals surface area contributed by atoms with Gasteiger partial charge in [-0.15, -0.1) is 0 Å². The Hall–Kier alpha value is -2.04. The van der Waals surface area contributed by atoms with E-state index in [0.29, 0.717) is 5.58 Å². The van der Waals surface area contributed by atoms with Crippen LogP contribution in [0.1, 0.15) is 19.8 Å². The molecule has 0 bridgehead atoms. The first-order valence-corrected chi connectivity index (χ1v) is 5.97. The largest absolute Gasteiger partial charge is 0.480 e. The number of aromatic nitrogens is 1. The van der Waals surface area contributed by atoms with Crippen LogP contribution in [0.2, 0.25) is 0 Å². The molecule has 1 unspecified atom stereocenters. The normalized spacial score (nSPS) is 18.5. The van der Waals surface area contributed by atoms with E-state index in [4.69, 9.17) is 4.42 Å². The van der Waals surface area contributed by atoms with Crippen molar-refractivity contribution in [2.45, 2.75) is 25.3 Å². The highest BCUT2D eigenvalue weighted by molar-refractivity contribution is 5.83. The first-order chi connectivity index (χ1) is 8.59. The van der Waals surface area contributed by atoms with Crippen LogP contribution in [-0.4, -0.2) is 21.6 Å². The maximum atomic E-state index is 11.4. The van der Waals surface area contributed by atoms with Gasteiger partial charge in [0.25, 0.3) is 6.01 Å². The highest BCUT2D eigenvalue weighted by Gasteiger charge is 2.48. The average molecular weight is 246 g/mol. The lowest BCUT2D eigenvalue weighted by Crippen LogP contribution is -2.45. The van der Waals surface area contributed by atoms with Crippen molar-refractivity contribution >= 4 is 23.1 Å². The second kappa shape index (κ2) is 3.73. The molecule has 1 atom stereocenters. The molecule has 94 valence electrons. The average Bonchev–Trinajstić information content (AvgIpc) is 3.10. The quantitative estimate of drug-likeness (QED) is 0.866. The number of hydrogen-bond acceptors (Lipinski definition) is 4. The van der Waals surface area contributed by atoms with Crippen LogP contribution in [0.5, 0.6) is 0 Å². The Kier molecular flexibility index (Phi) is 2.29. The molecule has 5 nitrogen and oxygen atoms in total. The van der Waals surface area contributed by atoms with Gasteiger partial charge in [0.1, 0.15) is 11.1 Å². The Balaban J connectivity index is 1.92. The first-order valence-electron chi connectivity index (χ1n) is 5.97. The molecule has 1 aliphatic rings. The van der Waals surface area contributed by atoms with Gasteiger partial charge in [-0.25, -0.2) is 4.79 Å². The summed E-state index contributed by atoms with van der Waals surface area (Å²) in [7, 11) is 0. The monoisotopic (exact) mass is 246 g/mol. The van der Waals surface area contributed by atoms with E-state index in [1.807, 2.05) is 24.3 Å². The van der Waals surface area contributed by atoms with Crippen molar-refractivity contribution in [3.63, 3.8) is 0 Å². The summed E-state index contributed by atoms with van der Waals surface area (Å²) >= 11 is 0. The molecule has 0 amide bonds. The van der Waals surface area contributed by atoms with Gasteiger partial charge in [-0.05, 0) is 37.8 Å². The molecule has 3 rings (SSSR count). The molecule has 0 saturated heterocycles. The highest BCUT2D eigenvalue weighted by Crippen LogP contribution is 2.41.